The van der Waals surface area contributed by atoms with E-state index in [-0.39, 0.29) is 11.8 Å². The molecule has 0 unspecified atom stereocenters. The number of nitrogens with zero attached hydrogens (tertiary/aromatic N) is 3. The van der Waals surface area contributed by atoms with Crippen LogP contribution in [0.1, 0.15) is 62.8 Å². The van der Waals surface area contributed by atoms with Gasteiger partial charge in [0.15, 0.2) is 0 Å². The first-order chi connectivity index (χ1) is 17.3. The zero-order valence-electron chi connectivity index (χ0n) is 20.4. The lowest BCUT2D eigenvalue weighted by Crippen LogP contribution is -2.26. The van der Waals surface area contributed by atoms with Crippen LogP contribution in [-0.2, 0) is 17.7 Å². The van der Waals surface area contributed by atoms with Gasteiger partial charge in [0.2, 0.25) is 0 Å². The maximum absolute atomic E-state index is 12.9. The number of esters is 1. The molecular weight excluding hydrogens is 478 g/mol. The monoisotopic (exact) mass is 507 g/mol. The molecule has 1 saturated carbocycles. The number of aromatic nitrogens is 2. The zero-order chi connectivity index (χ0) is 25.7. The highest BCUT2D eigenvalue weighted by atomic mass is 35.5. The second-order valence-electron chi connectivity index (χ2n) is 9.43. The van der Waals surface area contributed by atoms with Crippen molar-refractivity contribution in [2.45, 2.75) is 38.3 Å². The Hall–Kier alpha value is -3.29. The average molecular weight is 508 g/mol. The number of carbonyl (C=O) groups is 2. The first-order valence-electron chi connectivity index (χ1n) is 12.0. The van der Waals surface area contributed by atoms with Crippen molar-refractivity contribution in [1.29, 1.82) is 0 Å². The number of benzene rings is 1. The Kier molecular flexibility index (Phi) is 8.33. The third kappa shape index (κ3) is 6.28. The van der Waals surface area contributed by atoms with Crippen LogP contribution < -0.4 is 0 Å². The lowest BCUT2D eigenvalue weighted by Gasteiger charge is -2.19. The fraction of sp³-hybridized carbons (Fsp3) is 0.357. The lowest BCUT2D eigenvalue weighted by molar-refractivity contribution is 0.0600. The van der Waals surface area contributed by atoms with Crippen LogP contribution in [-0.4, -0.2) is 46.0 Å². The summed E-state index contributed by atoms with van der Waals surface area (Å²) in [6, 6.07) is 13.0. The summed E-state index contributed by atoms with van der Waals surface area (Å²) in [7, 11) is 3.04. The zero-order valence-corrected chi connectivity index (χ0v) is 21.2. The highest BCUT2D eigenvalue weighted by Gasteiger charge is 2.31. The number of methoxy groups -OCH3 is 1. The number of aliphatic hydroxyl groups excluding tert-OH is 1. The van der Waals surface area contributed by atoms with Crippen LogP contribution in [0.15, 0.2) is 61.1 Å². The predicted molar refractivity (Wildman–Crippen MR) is 137 cm³/mol. The van der Waals surface area contributed by atoms with Crippen LogP contribution in [0.3, 0.4) is 0 Å². The van der Waals surface area contributed by atoms with Gasteiger partial charge in [0.05, 0.1) is 18.8 Å². The number of ether oxygens (including phenoxy) is 1. The summed E-state index contributed by atoms with van der Waals surface area (Å²) < 4.78 is 4.73. The first-order valence-corrected chi connectivity index (χ1v) is 12.4. The number of hydrogen-bond donors (Lipinski definition) is 1. The maximum Gasteiger partial charge on any atom is 0.339 e. The largest absolute Gasteiger partial charge is 0.465 e. The number of carbonyl (C=O) groups excluding carboxylic acids is 2. The highest BCUT2D eigenvalue weighted by molar-refractivity contribution is 6.29. The van der Waals surface area contributed by atoms with E-state index in [2.05, 4.69) is 9.97 Å². The number of hydrogen-bond acceptors (Lipinski definition) is 6. The Bertz CT molecular complexity index is 1200. The molecule has 4 rings (SSSR count). The standard InChI is InChI=1S/C28H30ClN3O4/c1-32(17-20-13-24(15-30-14-20)28(35)36-2)27(34)21-6-3-18(4-7-21)11-19-5-8-22(12-19)26(33)23-9-10-25(29)31-16-23/h3-4,6-7,9-10,13-16,19,22,26,33H,5,8,11-12,17H2,1-2H3/t19-,22-,26-/m0/s1. The summed E-state index contributed by atoms with van der Waals surface area (Å²) in [5.74, 6) is 0.132. The smallest absolute Gasteiger partial charge is 0.339 e. The van der Waals surface area contributed by atoms with Crippen LogP contribution in [0.25, 0.3) is 0 Å². The third-order valence-corrected chi connectivity index (χ3v) is 7.05. The molecule has 2 heterocycles. The Balaban J connectivity index is 1.31. The number of aliphatic hydroxyl groups is 1. The van der Waals surface area contributed by atoms with Crippen LogP contribution in [0.2, 0.25) is 5.15 Å². The van der Waals surface area contributed by atoms with E-state index >= 15 is 0 Å². The Labute approximate surface area is 216 Å². The second kappa shape index (κ2) is 11.6. The van der Waals surface area contributed by atoms with Gasteiger partial charge in [-0.3, -0.25) is 9.78 Å². The van der Waals surface area contributed by atoms with Crippen LogP contribution in [0, 0.1) is 11.8 Å². The number of amides is 1. The molecule has 3 atom stereocenters. The van der Waals surface area contributed by atoms with Crippen molar-refractivity contribution in [2.75, 3.05) is 14.2 Å². The molecule has 3 aromatic rings. The third-order valence-electron chi connectivity index (χ3n) is 6.83. The van der Waals surface area contributed by atoms with E-state index in [1.807, 2.05) is 30.3 Å². The molecule has 0 spiro atoms. The molecule has 1 aliphatic rings. The summed E-state index contributed by atoms with van der Waals surface area (Å²) in [6.07, 6.45) is 8.10. The second-order valence-corrected chi connectivity index (χ2v) is 9.82. The molecule has 1 amide bonds. The van der Waals surface area contributed by atoms with E-state index in [0.717, 1.165) is 36.8 Å². The number of pyridine rings is 2. The van der Waals surface area contributed by atoms with Crippen molar-refractivity contribution in [3.63, 3.8) is 0 Å². The maximum atomic E-state index is 12.9. The molecule has 0 saturated heterocycles. The molecular formula is C28H30ClN3O4. The van der Waals surface area contributed by atoms with Crippen molar-refractivity contribution < 1.29 is 19.4 Å². The molecule has 36 heavy (non-hydrogen) atoms. The van der Waals surface area contributed by atoms with Crippen molar-refractivity contribution in [3.8, 4) is 0 Å². The van der Waals surface area contributed by atoms with Crippen LogP contribution in [0.5, 0.6) is 0 Å². The van der Waals surface area contributed by atoms with E-state index in [4.69, 9.17) is 16.3 Å². The summed E-state index contributed by atoms with van der Waals surface area (Å²) in [6.45, 7) is 0.327. The fourth-order valence-corrected chi connectivity index (χ4v) is 5.02. The molecule has 1 aromatic carbocycles. The molecule has 0 aliphatic heterocycles. The van der Waals surface area contributed by atoms with Gasteiger partial charge in [0.1, 0.15) is 5.15 Å². The molecule has 8 heteroatoms. The fourth-order valence-electron chi connectivity index (χ4n) is 4.91. The van der Waals surface area contributed by atoms with Gasteiger partial charge in [-0.2, -0.15) is 0 Å². The van der Waals surface area contributed by atoms with Gasteiger partial charge >= 0.3 is 5.97 Å². The normalized spacial score (nSPS) is 18.0. The lowest BCUT2D eigenvalue weighted by atomic mass is 9.92. The quantitative estimate of drug-likeness (QED) is 0.345. The molecule has 1 aliphatic carbocycles. The topological polar surface area (TPSA) is 92.6 Å². The Morgan fingerprint density at radius 3 is 2.56 bits per heavy atom. The van der Waals surface area contributed by atoms with Crippen LogP contribution >= 0.6 is 11.6 Å². The Morgan fingerprint density at radius 1 is 1.08 bits per heavy atom. The molecule has 0 bridgehead atoms. The van der Waals surface area contributed by atoms with Crippen molar-refractivity contribution in [1.82, 2.24) is 14.9 Å². The minimum atomic E-state index is -0.529. The van der Waals surface area contributed by atoms with Gasteiger partial charge in [-0.15, -0.1) is 0 Å². The molecule has 2 aromatic heterocycles. The van der Waals surface area contributed by atoms with Crippen LogP contribution in [0.4, 0.5) is 0 Å². The van der Waals surface area contributed by atoms with Gasteiger partial charge in [-0.25, -0.2) is 9.78 Å². The average Bonchev–Trinajstić information content (AvgIpc) is 3.36. The van der Waals surface area contributed by atoms with Gasteiger partial charge in [-0.05, 0) is 78.5 Å². The summed E-state index contributed by atoms with van der Waals surface area (Å²) in [5.41, 5.74) is 3.69. The van der Waals surface area contributed by atoms with E-state index in [1.54, 1.807) is 36.5 Å². The first kappa shape index (κ1) is 25.8. The number of halogens is 1. The van der Waals surface area contributed by atoms with Crippen molar-refractivity contribution in [2.24, 2.45) is 11.8 Å². The SMILES string of the molecule is COC(=O)c1cncc(CN(C)C(=O)c2ccc(C[C@@H]3CC[C@H]([C@H](O)c4ccc(Cl)nc4)C3)cc2)c1. The molecule has 188 valence electrons. The number of rotatable bonds is 8. The van der Waals surface area contributed by atoms with Crippen molar-refractivity contribution in [3.05, 3.63) is 94.0 Å². The molecule has 0 radical (unpaired) electrons. The predicted octanol–water partition coefficient (Wildman–Crippen LogP) is 4.88. The van der Waals surface area contributed by atoms with Gasteiger partial charge in [0.25, 0.3) is 5.91 Å². The molecule has 7 nitrogen and oxygen atoms in total. The highest BCUT2D eigenvalue weighted by Crippen LogP contribution is 2.40. The van der Waals surface area contributed by atoms with Gasteiger partial charge < -0.3 is 14.7 Å². The Morgan fingerprint density at radius 2 is 1.86 bits per heavy atom. The molecule has 1 N–H and O–H groups in total. The minimum absolute atomic E-state index is 0.106. The molecule has 1 fully saturated rings. The summed E-state index contributed by atoms with van der Waals surface area (Å²) in [5, 5.41) is 11.2. The van der Waals surface area contributed by atoms with E-state index in [0.29, 0.717) is 28.7 Å². The minimum Gasteiger partial charge on any atom is -0.465 e. The van der Waals surface area contributed by atoms with Crippen molar-refractivity contribution >= 4 is 23.5 Å². The van der Waals surface area contributed by atoms with E-state index in [1.165, 1.54) is 18.9 Å². The summed E-state index contributed by atoms with van der Waals surface area (Å²) >= 11 is 5.86. The van der Waals surface area contributed by atoms with Gasteiger partial charge in [0, 0.05) is 37.7 Å². The van der Waals surface area contributed by atoms with E-state index in [9.17, 15) is 14.7 Å². The van der Waals surface area contributed by atoms with Gasteiger partial charge in [-0.1, -0.05) is 29.8 Å². The van der Waals surface area contributed by atoms with E-state index < -0.39 is 12.1 Å². The summed E-state index contributed by atoms with van der Waals surface area (Å²) in [4.78, 5) is 34.4.